The van der Waals surface area contributed by atoms with Gasteiger partial charge < -0.3 is 5.32 Å². The van der Waals surface area contributed by atoms with E-state index in [1.165, 1.54) is 36.6 Å². The van der Waals surface area contributed by atoms with Gasteiger partial charge in [-0.05, 0) is 13.0 Å². The average molecular weight is 329 g/mol. The number of aromatic nitrogens is 1. The minimum Gasteiger partial charge on any atom is -0.369 e. The van der Waals surface area contributed by atoms with E-state index in [2.05, 4.69) is 10.3 Å². The summed E-state index contributed by atoms with van der Waals surface area (Å²) in [6.07, 6.45) is 1.51. The summed E-state index contributed by atoms with van der Waals surface area (Å²) in [5, 5.41) is 24.9. The van der Waals surface area contributed by atoms with Gasteiger partial charge in [-0.15, -0.1) is 11.3 Å². The number of hydrogen-bond donors (Lipinski definition) is 1. The first-order chi connectivity index (χ1) is 9.90. The lowest BCUT2D eigenvalue weighted by atomic mass is 10.1. The minimum absolute atomic E-state index is 0.116. The number of benzene rings is 1. The highest BCUT2D eigenvalue weighted by atomic mass is 35.5. The Morgan fingerprint density at radius 3 is 2.57 bits per heavy atom. The van der Waals surface area contributed by atoms with Crippen molar-refractivity contribution >= 4 is 40.0 Å². The molecule has 1 N–H and O–H groups in total. The number of hydrogen-bond acceptors (Lipinski definition) is 7. The van der Waals surface area contributed by atoms with Crippen LogP contribution in [-0.4, -0.2) is 14.8 Å². The van der Waals surface area contributed by atoms with Crippen molar-refractivity contribution in [3.63, 3.8) is 0 Å². The molecule has 0 aliphatic heterocycles. The van der Waals surface area contributed by atoms with Crippen molar-refractivity contribution in [3.8, 4) is 0 Å². The third-order valence-electron chi connectivity index (χ3n) is 2.70. The molecule has 2 rings (SSSR count). The molecule has 10 heteroatoms. The molecule has 0 bridgehead atoms. The Balaban J connectivity index is 2.41. The molecule has 1 aromatic heterocycles. The predicted molar refractivity (Wildman–Crippen MR) is 78.9 cm³/mol. The molecule has 21 heavy (non-hydrogen) atoms. The summed E-state index contributed by atoms with van der Waals surface area (Å²) in [5.74, 6) is 0. The van der Waals surface area contributed by atoms with Crippen molar-refractivity contribution in [1.82, 2.24) is 4.98 Å². The Labute approximate surface area is 127 Å². The topological polar surface area (TPSA) is 111 Å². The number of rotatable bonds is 5. The van der Waals surface area contributed by atoms with Gasteiger partial charge in [-0.1, -0.05) is 11.6 Å². The smallest absolute Gasteiger partial charge is 0.302 e. The van der Waals surface area contributed by atoms with Crippen molar-refractivity contribution in [1.29, 1.82) is 0 Å². The maximum absolute atomic E-state index is 11.1. The number of aryl methyl sites for hydroxylation is 1. The second kappa shape index (κ2) is 6.02. The lowest BCUT2D eigenvalue weighted by molar-refractivity contribution is -0.392. The van der Waals surface area contributed by atoms with Crippen molar-refractivity contribution in [2.24, 2.45) is 0 Å². The molecule has 1 heterocycles. The summed E-state index contributed by atoms with van der Waals surface area (Å²) in [4.78, 5) is 25.4. The summed E-state index contributed by atoms with van der Waals surface area (Å²) in [6, 6.07) is 2.59. The van der Waals surface area contributed by atoms with Gasteiger partial charge in [-0.3, -0.25) is 20.2 Å². The van der Waals surface area contributed by atoms with Crippen LogP contribution >= 0.6 is 22.9 Å². The highest BCUT2D eigenvalue weighted by Gasteiger charge is 2.27. The predicted octanol–water partition coefficient (Wildman–Crippen LogP) is 3.53. The van der Waals surface area contributed by atoms with Gasteiger partial charge in [-0.2, -0.15) is 0 Å². The average Bonchev–Trinajstić information content (AvgIpc) is 2.81. The van der Waals surface area contributed by atoms with Crippen LogP contribution < -0.4 is 5.32 Å². The normalized spacial score (nSPS) is 10.4. The SMILES string of the molecule is Cc1ccc([N+](=O)[O-])c(NCc2cnc(Cl)s2)c1[N+](=O)[O-]. The van der Waals surface area contributed by atoms with Crippen LogP contribution in [0.15, 0.2) is 18.3 Å². The van der Waals surface area contributed by atoms with Crippen LogP contribution in [0.3, 0.4) is 0 Å². The van der Waals surface area contributed by atoms with Crippen molar-refractivity contribution in [2.75, 3.05) is 5.32 Å². The molecular formula is C11H9ClN4O4S. The second-order valence-corrected chi connectivity index (χ2v) is 5.77. The molecule has 110 valence electrons. The molecule has 0 unspecified atom stereocenters. The van der Waals surface area contributed by atoms with Crippen LogP contribution in [0.2, 0.25) is 4.47 Å². The quantitative estimate of drug-likeness (QED) is 0.663. The Bertz CT molecular complexity index is 718. The van der Waals surface area contributed by atoms with Gasteiger partial charge in [-0.25, -0.2) is 4.98 Å². The van der Waals surface area contributed by atoms with E-state index in [0.717, 1.165) is 0 Å². The van der Waals surface area contributed by atoms with Crippen molar-refractivity contribution in [3.05, 3.63) is 53.5 Å². The van der Waals surface area contributed by atoms with Crippen LogP contribution in [0.1, 0.15) is 10.4 Å². The maximum Gasteiger partial charge on any atom is 0.302 e. The monoisotopic (exact) mass is 328 g/mol. The molecule has 8 nitrogen and oxygen atoms in total. The Morgan fingerprint density at radius 1 is 1.33 bits per heavy atom. The number of halogens is 1. The standard InChI is InChI=1S/C11H9ClN4O4S/c1-6-2-3-8(15(17)18)9(10(6)16(19)20)13-4-7-5-14-11(12)21-7/h2-3,5,13H,4H2,1H3. The zero-order valence-electron chi connectivity index (χ0n) is 10.7. The number of nitrogens with one attached hydrogen (secondary N) is 1. The summed E-state index contributed by atoms with van der Waals surface area (Å²) in [6.45, 7) is 1.69. The second-order valence-electron chi connectivity index (χ2n) is 4.07. The summed E-state index contributed by atoms with van der Waals surface area (Å²) in [5.41, 5.74) is -0.423. The molecule has 0 fully saturated rings. The molecule has 0 atom stereocenters. The van der Waals surface area contributed by atoms with Gasteiger partial charge in [0.2, 0.25) is 0 Å². The molecule has 1 aromatic carbocycles. The van der Waals surface area contributed by atoms with E-state index < -0.39 is 9.85 Å². The van der Waals surface area contributed by atoms with Gasteiger partial charge in [0.05, 0.1) is 16.4 Å². The first-order valence-corrected chi connectivity index (χ1v) is 6.86. The molecule has 2 aromatic rings. The van der Waals surface area contributed by atoms with Crippen LogP contribution in [0.5, 0.6) is 0 Å². The molecule has 0 saturated carbocycles. The fourth-order valence-corrected chi connectivity index (χ4v) is 2.70. The van der Waals surface area contributed by atoms with Gasteiger partial charge in [0, 0.05) is 22.7 Å². The van der Waals surface area contributed by atoms with Crippen LogP contribution in [0.25, 0.3) is 0 Å². The fraction of sp³-hybridized carbons (Fsp3) is 0.182. The minimum atomic E-state index is -0.658. The van der Waals surface area contributed by atoms with E-state index in [4.69, 9.17) is 11.6 Å². The van der Waals surface area contributed by atoms with Gasteiger partial charge in [0.25, 0.3) is 5.69 Å². The van der Waals surface area contributed by atoms with Gasteiger partial charge >= 0.3 is 5.69 Å². The lowest BCUT2D eigenvalue weighted by Crippen LogP contribution is -2.06. The molecule has 0 amide bonds. The molecular weight excluding hydrogens is 320 g/mol. The van der Waals surface area contributed by atoms with E-state index in [0.29, 0.717) is 14.9 Å². The van der Waals surface area contributed by atoms with E-state index in [9.17, 15) is 20.2 Å². The summed E-state index contributed by atoms with van der Waals surface area (Å²) >= 11 is 6.89. The maximum atomic E-state index is 11.1. The highest BCUT2D eigenvalue weighted by Crippen LogP contribution is 2.37. The summed E-state index contributed by atoms with van der Waals surface area (Å²) in [7, 11) is 0. The fourth-order valence-electron chi connectivity index (χ4n) is 1.79. The van der Waals surface area contributed by atoms with Crippen LogP contribution in [-0.2, 0) is 6.54 Å². The van der Waals surface area contributed by atoms with Gasteiger partial charge in [0.1, 0.15) is 0 Å². The number of nitro benzene ring substituents is 2. The van der Waals surface area contributed by atoms with Crippen LogP contribution in [0.4, 0.5) is 17.1 Å². The lowest BCUT2D eigenvalue weighted by Gasteiger charge is -2.08. The number of nitro groups is 2. The first kappa shape index (κ1) is 15.1. The third-order valence-corrected chi connectivity index (χ3v) is 3.82. The van der Waals surface area contributed by atoms with E-state index in [1.54, 1.807) is 0 Å². The molecule has 0 aliphatic rings. The molecule has 0 aliphatic carbocycles. The zero-order chi connectivity index (χ0) is 15.6. The van der Waals surface area contributed by atoms with E-state index in [1.807, 2.05) is 0 Å². The zero-order valence-corrected chi connectivity index (χ0v) is 12.3. The Morgan fingerprint density at radius 2 is 2.05 bits per heavy atom. The Hall–Kier alpha value is -2.26. The molecule has 0 radical (unpaired) electrons. The number of anilines is 1. The van der Waals surface area contributed by atoms with Crippen molar-refractivity contribution in [2.45, 2.75) is 13.5 Å². The number of nitrogens with zero attached hydrogens (tertiary/aromatic N) is 3. The number of thiazole rings is 1. The van der Waals surface area contributed by atoms with Crippen molar-refractivity contribution < 1.29 is 9.85 Å². The van der Waals surface area contributed by atoms with E-state index >= 15 is 0 Å². The largest absolute Gasteiger partial charge is 0.369 e. The Kier molecular flexibility index (Phi) is 4.34. The highest BCUT2D eigenvalue weighted by molar-refractivity contribution is 7.15. The summed E-state index contributed by atoms with van der Waals surface area (Å²) < 4.78 is 0.333. The van der Waals surface area contributed by atoms with E-state index in [-0.39, 0.29) is 23.6 Å². The molecule has 0 saturated heterocycles. The third kappa shape index (κ3) is 3.26. The molecule has 0 spiro atoms. The first-order valence-electron chi connectivity index (χ1n) is 5.66. The van der Waals surface area contributed by atoms with Crippen LogP contribution in [0, 0.1) is 27.2 Å². The van der Waals surface area contributed by atoms with Gasteiger partial charge in [0.15, 0.2) is 10.2 Å².